The number of benzene rings is 1. The van der Waals surface area contributed by atoms with Crippen LogP contribution in [-0.4, -0.2) is 18.4 Å². The molecule has 1 aromatic carbocycles. The highest BCUT2D eigenvalue weighted by molar-refractivity contribution is 14.1. The third kappa shape index (κ3) is 5.00. The second-order valence-corrected chi connectivity index (χ2v) is 5.45. The van der Waals surface area contributed by atoms with Crippen molar-refractivity contribution in [1.82, 2.24) is 5.32 Å². The Hall–Kier alpha value is -0.790. The van der Waals surface area contributed by atoms with Crippen molar-refractivity contribution >= 4 is 63.3 Å². The van der Waals surface area contributed by atoms with Gasteiger partial charge >= 0.3 is 0 Å². The highest BCUT2D eigenvalue weighted by Gasteiger charge is 2.17. The van der Waals surface area contributed by atoms with Crippen LogP contribution in [0.4, 0.5) is 5.69 Å². The van der Waals surface area contributed by atoms with Crippen LogP contribution >= 0.6 is 45.8 Å². The number of halogens is 3. The predicted octanol–water partition coefficient (Wildman–Crippen LogP) is 3.06. The molecule has 2 N–H and O–H groups in total. The van der Waals surface area contributed by atoms with Crippen molar-refractivity contribution < 1.29 is 9.59 Å². The third-order valence-electron chi connectivity index (χ3n) is 2.03. The molecule has 4 nitrogen and oxygen atoms in total. The normalized spacial score (nSPS) is 11.6. The average molecular weight is 413 g/mol. The molecule has 0 aliphatic rings. The van der Waals surface area contributed by atoms with Crippen LogP contribution in [0.15, 0.2) is 34.3 Å². The molecule has 19 heavy (non-hydrogen) atoms. The summed E-state index contributed by atoms with van der Waals surface area (Å²) < 4.78 is 1.04. The zero-order chi connectivity index (χ0) is 14.4. The molecule has 0 aromatic heterocycles. The number of carbonyl (C=O) groups excluding carboxylic acids is 2. The van der Waals surface area contributed by atoms with Gasteiger partial charge in [0.2, 0.25) is 0 Å². The molecule has 0 unspecified atom stereocenters. The van der Waals surface area contributed by atoms with Crippen molar-refractivity contribution in [2.45, 2.75) is 6.92 Å². The monoisotopic (exact) mass is 412 g/mol. The Kier molecular flexibility index (Phi) is 6.60. The van der Waals surface area contributed by atoms with E-state index in [0.29, 0.717) is 12.2 Å². The standard InChI is InChI=1S/C12H11Cl2IN2O2/c1-2-16-11(18)9(13)10(14)12(19)17-8-5-3-7(15)4-6-8/h3-6H,2H2,1H3,(H,16,18)(H,17,19)/b10-9-. The number of hydrogen-bond donors (Lipinski definition) is 2. The van der Waals surface area contributed by atoms with Crippen LogP contribution in [0.3, 0.4) is 0 Å². The molecule has 0 spiro atoms. The van der Waals surface area contributed by atoms with Crippen LogP contribution in [0.25, 0.3) is 0 Å². The summed E-state index contributed by atoms with van der Waals surface area (Å²) in [5.74, 6) is -1.20. The first-order valence-electron chi connectivity index (χ1n) is 5.36. The van der Waals surface area contributed by atoms with E-state index < -0.39 is 11.8 Å². The van der Waals surface area contributed by atoms with E-state index in [1.807, 2.05) is 12.1 Å². The molecule has 0 fully saturated rings. The lowest BCUT2D eigenvalue weighted by molar-refractivity contribution is -0.117. The highest BCUT2D eigenvalue weighted by atomic mass is 127. The number of amides is 2. The highest BCUT2D eigenvalue weighted by Crippen LogP contribution is 2.18. The minimum atomic E-state index is -0.626. The average Bonchev–Trinajstić information content (AvgIpc) is 2.39. The molecule has 1 aromatic rings. The molecule has 0 radical (unpaired) electrons. The molecule has 7 heteroatoms. The van der Waals surface area contributed by atoms with Crippen LogP contribution in [-0.2, 0) is 9.59 Å². The molecule has 0 heterocycles. The lowest BCUT2D eigenvalue weighted by atomic mass is 10.3. The maximum Gasteiger partial charge on any atom is 0.268 e. The quantitative estimate of drug-likeness (QED) is 0.589. The first-order valence-corrected chi connectivity index (χ1v) is 7.19. The van der Waals surface area contributed by atoms with Gasteiger partial charge in [-0.3, -0.25) is 9.59 Å². The van der Waals surface area contributed by atoms with Gasteiger partial charge in [0.25, 0.3) is 11.8 Å². The first-order chi connectivity index (χ1) is 8.95. The molecule has 2 amide bonds. The minimum Gasteiger partial charge on any atom is -0.352 e. The Morgan fingerprint density at radius 3 is 2.16 bits per heavy atom. The van der Waals surface area contributed by atoms with E-state index >= 15 is 0 Å². The Bertz CT molecular complexity index is 515. The topological polar surface area (TPSA) is 58.2 Å². The Labute approximate surface area is 134 Å². The molecule has 0 aliphatic heterocycles. The van der Waals surface area contributed by atoms with Crippen molar-refractivity contribution in [3.63, 3.8) is 0 Å². The van der Waals surface area contributed by atoms with Gasteiger partial charge in [0, 0.05) is 15.8 Å². The summed E-state index contributed by atoms with van der Waals surface area (Å²) in [5.41, 5.74) is 0.573. The Balaban J connectivity index is 2.79. The summed E-state index contributed by atoms with van der Waals surface area (Å²) in [4.78, 5) is 23.2. The molecular weight excluding hydrogens is 402 g/mol. The molecule has 0 bridgehead atoms. The van der Waals surface area contributed by atoms with Gasteiger partial charge in [-0.2, -0.15) is 0 Å². The van der Waals surface area contributed by atoms with Crippen molar-refractivity contribution in [1.29, 1.82) is 0 Å². The number of rotatable bonds is 4. The molecule has 0 saturated heterocycles. The van der Waals surface area contributed by atoms with E-state index in [1.165, 1.54) is 0 Å². The van der Waals surface area contributed by atoms with Gasteiger partial charge < -0.3 is 10.6 Å². The van der Waals surface area contributed by atoms with Gasteiger partial charge in [0.1, 0.15) is 10.1 Å². The minimum absolute atomic E-state index is 0.327. The van der Waals surface area contributed by atoms with Crippen LogP contribution in [0.5, 0.6) is 0 Å². The SMILES string of the molecule is CCNC(=O)/C(Cl)=C(/Cl)C(=O)Nc1ccc(I)cc1. The summed E-state index contributed by atoms with van der Waals surface area (Å²) in [5, 5.41) is 4.34. The van der Waals surface area contributed by atoms with Gasteiger partial charge in [0.15, 0.2) is 0 Å². The molecule has 0 aliphatic carbocycles. The second kappa shape index (κ2) is 7.72. The fourth-order valence-corrected chi connectivity index (χ4v) is 1.80. The first kappa shape index (κ1) is 16.3. The Morgan fingerprint density at radius 1 is 1.11 bits per heavy atom. The van der Waals surface area contributed by atoms with E-state index in [2.05, 4.69) is 33.2 Å². The molecule has 0 saturated carbocycles. The van der Waals surface area contributed by atoms with Gasteiger partial charge in [-0.15, -0.1) is 0 Å². The van der Waals surface area contributed by atoms with Gasteiger partial charge in [-0.25, -0.2) is 0 Å². The molecular formula is C12H11Cl2IN2O2. The van der Waals surface area contributed by atoms with Crippen LogP contribution in [0.1, 0.15) is 6.92 Å². The number of nitrogens with one attached hydrogen (secondary N) is 2. The van der Waals surface area contributed by atoms with Crippen LogP contribution in [0, 0.1) is 3.57 Å². The van der Waals surface area contributed by atoms with E-state index in [1.54, 1.807) is 19.1 Å². The van der Waals surface area contributed by atoms with Crippen molar-refractivity contribution in [2.24, 2.45) is 0 Å². The number of hydrogen-bond acceptors (Lipinski definition) is 2. The largest absolute Gasteiger partial charge is 0.352 e. The van der Waals surface area contributed by atoms with E-state index in [9.17, 15) is 9.59 Å². The summed E-state index contributed by atoms with van der Waals surface area (Å²) in [6.45, 7) is 2.14. The lowest BCUT2D eigenvalue weighted by Gasteiger charge is -2.06. The van der Waals surface area contributed by atoms with Gasteiger partial charge in [-0.1, -0.05) is 23.2 Å². The van der Waals surface area contributed by atoms with Gasteiger partial charge in [0.05, 0.1) is 0 Å². The van der Waals surface area contributed by atoms with Crippen molar-refractivity contribution in [2.75, 3.05) is 11.9 Å². The Morgan fingerprint density at radius 2 is 1.63 bits per heavy atom. The zero-order valence-corrected chi connectivity index (χ0v) is 13.6. The van der Waals surface area contributed by atoms with E-state index in [-0.39, 0.29) is 10.1 Å². The summed E-state index contributed by atoms with van der Waals surface area (Å²) >= 11 is 13.6. The molecule has 1 rings (SSSR count). The number of carbonyl (C=O) groups is 2. The maximum atomic E-state index is 11.8. The van der Waals surface area contributed by atoms with E-state index in [4.69, 9.17) is 23.2 Å². The number of likely N-dealkylation sites (N-methyl/N-ethyl adjacent to an activating group) is 1. The summed E-state index contributed by atoms with van der Waals surface area (Å²) in [6.07, 6.45) is 0. The maximum absolute atomic E-state index is 11.8. The van der Waals surface area contributed by atoms with Crippen LogP contribution < -0.4 is 10.6 Å². The van der Waals surface area contributed by atoms with Crippen molar-refractivity contribution in [3.8, 4) is 0 Å². The molecule has 102 valence electrons. The van der Waals surface area contributed by atoms with Crippen molar-refractivity contribution in [3.05, 3.63) is 37.9 Å². The van der Waals surface area contributed by atoms with Gasteiger partial charge in [-0.05, 0) is 53.8 Å². The fraction of sp³-hybridized carbons (Fsp3) is 0.167. The number of anilines is 1. The smallest absolute Gasteiger partial charge is 0.268 e. The molecule has 0 atom stereocenters. The predicted molar refractivity (Wildman–Crippen MR) is 85.2 cm³/mol. The third-order valence-corrected chi connectivity index (χ3v) is 3.57. The summed E-state index contributed by atoms with van der Waals surface area (Å²) in [7, 11) is 0. The summed E-state index contributed by atoms with van der Waals surface area (Å²) in [6, 6.07) is 7.12. The second-order valence-electron chi connectivity index (χ2n) is 3.45. The van der Waals surface area contributed by atoms with Crippen LogP contribution in [0.2, 0.25) is 0 Å². The van der Waals surface area contributed by atoms with E-state index in [0.717, 1.165) is 3.57 Å². The fourth-order valence-electron chi connectivity index (χ4n) is 1.16. The lowest BCUT2D eigenvalue weighted by Crippen LogP contribution is -2.25. The zero-order valence-electron chi connectivity index (χ0n) is 9.97.